The highest BCUT2D eigenvalue weighted by Crippen LogP contribution is 2.36. The third kappa shape index (κ3) is 7.36. The van der Waals surface area contributed by atoms with Crippen molar-refractivity contribution in [1.82, 2.24) is 0 Å². The molecule has 0 aliphatic rings. The lowest BCUT2D eigenvalue weighted by atomic mass is 10.0. The number of methoxy groups -OCH3 is 1. The van der Waals surface area contributed by atoms with Crippen LogP contribution in [-0.2, 0) is 42.9 Å². The number of ether oxygens (including phenoxy) is 2. The molecule has 0 heterocycles. The summed E-state index contributed by atoms with van der Waals surface area (Å²) < 4.78 is 89.0. The van der Waals surface area contributed by atoms with E-state index >= 15 is 0 Å². The number of alkyl halides is 6. The minimum Gasteiger partial charge on any atom is -0.475 e. The van der Waals surface area contributed by atoms with Crippen molar-refractivity contribution in [2.24, 2.45) is 10.3 Å². The van der Waals surface area contributed by atoms with E-state index in [2.05, 4.69) is 19.9 Å². The number of halogens is 6. The third-order valence-corrected chi connectivity index (χ3v) is 4.32. The second-order valence-corrected chi connectivity index (χ2v) is 6.67. The van der Waals surface area contributed by atoms with Gasteiger partial charge >= 0.3 is 18.3 Å². The molecule has 0 bridgehead atoms. The van der Waals surface area contributed by atoms with Crippen LogP contribution >= 0.6 is 0 Å². The highest BCUT2D eigenvalue weighted by atomic mass is 19.4. The van der Waals surface area contributed by atoms with Crippen LogP contribution in [0, 0.1) is 0 Å². The van der Waals surface area contributed by atoms with Crippen LogP contribution in [0.2, 0.25) is 0 Å². The van der Waals surface area contributed by atoms with E-state index in [-0.39, 0.29) is 30.6 Å². The molecule has 0 aliphatic heterocycles. The maximum Gasteiger partial charge on any atom is 0.416 e. The molecular formula is C22H20F6N2O5. The second kappa shape index (κ2) is 11.6. The van der Waals surface area contributed by atoms with Gasteiger partial charge in [0.2, 0.25) is 0 Å². The summed E-state index contributed by atoms with van der Waals surface area (Å²) in [6, 6.07) is 7.16. The van der Waals surface area contributed by atoms with Gasteiger partial charge in [-0.1, -0.05) is 29.4 Å². The number of esters is 1. The predicted octanol–water partition coefficient (Wildman–Crippen LogP) is 5.16. The molecule has 2 rings (SSSR count). The molecule has 0 atom stereocenters. The van der Waals surface area contributed by atoms with E-state index in [4.69, 9.17) is 9.57 Å². The van der Waals surface area contributed by atoms with Crippen LogP contribution in [0.3, 0.4) is 0 Å². The average molecular weight is 506 g/mol. The van der Waals surface area contributed by atoms with Crippen LogP contribution in [0.1, 0.15) is 34.7 Å². The maximum absolute atomic E-state index is 13.2. The Bertz CT molecular complexity index is 1060. The monoisotopic (exact) mass is 506 g/mol. The van der Waals surface area contributed by atoms with Gasteiger partial charge in [-0.25, -0.2) is 4.79 Å². The van der Waals surface area contributed by atoms with Crippen LogP contribution in [0.4, 0.5) is 26.3 Å². The van der Waals surface area contributed by atoms with Crippen LogP contribution in [0.5, 0.6) is 0 Å². The van der Waals surface area contributed by atoms with Crippen molar-refractivity contribution >= 4 is 17.6 Å². The first-order chi connectivity index (χ1) is 16.4. The highest BCUT2D eigenvalue weighted by molar-refractivity contribution is 6.43. The molecule has 0 N–H and O–H groups in total. The van der Waals surface area contributed by atoms with Crippen molar-refractivity contribution in [3.05, 3.63) is 70.3 Å². The van der Waals surface area contributed by atoms with Gasteiger partial charge in [0, 0.05) is 16.7 Å². The van der Waals surface area contributed by atoms with Crippen molar-refractivity contribution in [1.29, 1.82) is 0 Å². The Kier molecular flexibility index (Phi) is 9.09. The molecule has 0 fully saturated rings. The fourth-order valence-corrected chi connectivity index (χ4v) is 2.80. The van der Waals surface area contributed by atoms with Gasteiger partial charge in [0.1, 0.15) is 13.7 Å². The predicted molar refractivity (Wildman–Crippen MR) is 111 cm³/mol. The van der Waals surface area contributed by atoms with Gasteiger partial charge in [-0.3, -0.25) is 0 Å². The normalized spacial score (nSPS) is 12.8. The molecule has 0 spiro atoms. The van der Waals surface area contributed by atoms with E-state index in [0.717, 1.165) is 7.11 Å². The summed E-state index contributed by atoms with van der Waals surface area (Å²) in [6.45, 7) is 0.994. The van der Waals surface area contributed by atoms with Crippen molar-refractivity contribution in [3.8, 4) is 0 Å². The first-order valence-corrected chi connectivity index (χ1v) is 9.82. The number of carbonyl (C=O) groups is 1. The fraction of sp³-hybridized carbons (Fsp3) is 0.318. The summed E-state index contributed by atoms with van der Waals surface area (Å²) in [5.74, 6) is -1.42. The first kappa shape index (κ1) is 27.5. The molecule has 0 saturated carbocycles. The molecule has 13 heteroatoms. The number of carbonyl (C=O) groups excluding carboxylic acids is 1. The topological polar surface area (TPSA) is 78.7 Å². The zero-order valence-corrected chi connectivity index (χ0v) is 18.7. The van der Waals surface area contributed by atoms with Gasteiger partial charge in [-0.2, -0.15) is 26.3 Å². The molecule has 2 aromatic rings. The van der Waals surface area contributed by atoms with Crippen molar-refractivity contribution < 1.29 is 50.3 Å². The minimum atomic E-state index is -5.04. The Morgan fingerprint density at radius 2 is 1.51 bits per heavy atom. The number of oxime groups is 2. The lowest BCUT2D eigenvalue weighted by Crippen LogP contribution is -2.19. The molecule has 0 aliphatic carbocycles. The Morgan fingerprint density at radius 3 is 2.03 bits per heavy atom. The zero-order chi connectivity index (χ0) is 26.2. The van der Waals surface area contributed by atoms with Crippen molar-refractivity contribution in [2.45, 2.75) is 25.9 Å². The number of hydrogen-bond donors (Lipinski definition) is 0. The van der Waals surface area contributed by atoms with E-state index in [1.165, 1.54) is 26.2 Å². The number of rotatable bonds is 8. The lowest BCUT2D eigenvalue weighted by Gasteiger charge is -2.15. The van der Waals surface area contributed by atoms with Crippen LogP contribution in [0.25, 0.3) is 0 Å². The minimum absolute atomic E-state index is 0.00630. The molecule has 2 aromatic carbocycles. The Morgan fingerprint density at radius 1 is 0.914 bits per heavy atom. The Balaban J connectivity index is 2.44. The van der Waals surface area contributed by atoms with E-state index in [1.807, 2.05) is 0 Å². The maximum atomic E-state index is 13.2. The number of nitrogens with zero attached hydrogens (tertiary/aromatic N) is 2. The third-order valence-electron chi connectivity index (χ3n) is 4.32. The molecule has 0 aromatic heterocycles. The first-order valence-electron chi connectivity index (χ1n) is 9.82. The van der Waals surface area contributed by atoms with Gasteiger partial charge in [0.25, 0.3) is 5.90 Å². The summed E-state index contributed by atoms with van der Waals surface area (Å²) in [4.78, 5) is 21.9. The standard InChI is InChI=1S/C22H20F6N2O5/c1-4-34-19(14-9-15(21(23,24)25)11-16(10-14)22(26,27)28)30-35-12-13-7-5-6-8-17(13)18(29-33-3)20(31)32-2/h5-11H,4,12H2,1-3H3/b29-18+,30-19-. The summed E-state index contributed by atoms with van der Waals surface area (Å²) in [5, 5.41) is 7.23. The van der Waals surface area contributed by atoms with E-state index < -0.39 is 40.9 Å². The molecular weight excluding hydrogens is 486 g/mol. The molecule has 7 nitrogen and oxygen atoms in total. The van der Waals surface area contributed by atoms with Gasteiger partial charge in [0.15, 0.2) is 5.71 Å². The van der Waals surface area contributed by atoms with Gasteiger partial charge in [0.05, 0.1) is 24.8 Å². The summed E-state index contributed by atoms with van der Waals surface area (Å²) >= 11 is 0. The molecule has 0 amide bonds. The van der Waals surface area contributed by atoms with Gasteiger partial charge < -0.3 is 19.1 Å². The molecule has 190 valence electrons. The quantitative estimate of drug-likeness (QED) is 0.163. The van der Waals surface area contributed by atoms with Crippen LogP contribution in [0.15, 0.2) is 52.8 Å². The summed E-state index contributed by atoms with van der Waals surface area (Å²) in [6.07, 6.45) is -10.1. The fourth-order valence-electron chi connectivity index (χ4n) is 2.80. The average Bonchev–Trinajstić information content (AvgIpc) is 2.80. The molecule has 0 unspecified atom stereocenters. The molecule has 0 radical (unpaired) electrons. The van der Waals surface area contributed by atoms with E-state index in [0.29, 0.717) is 17.7 Å². The van der Waals surface area contributed by atoms with Crippen molar-refractivity contribution in [3.63, 3.8) is 0 Å². The number of benzene rings is 2. The van der Waals surface area contributed by atoms with Gasteiger partial charge in [-0.15, -0.1) is 0 Å². The number of hydrogen-bond acceptors (Lipinski definition) is 7. The summed E-state index contributed by atoms with van der Waals surface area (Å²) in [5.41, 5.74) is -3.26. The van der Waals surface area contributed by atoms with Crippen LogP contribution < -0.4 is 0 Å². The Hall–Kier alpha value is -3.77. The second-order valence-electron chi connectivity index (χ2n) is 6.67. The summed E-state index contributed by atoms with van der Waals surface area (Å²) in [7, 11) is 2.35. The highest BCUT2D eigenvalue weighted by Gasteiger charge is 2.37. The Labute approximate surface area is 195 Å². The lowest BCUT2D eigenvalue weighted by molar-refractivity contribution is -0.143. The van der Waals surface area contributed by atoms with Crippen LogP contribution in [-0.4, -0.2) is 38.4 Å². The van der Waals surface area contributed by atoms with Gasteiger partial charge in [-0.05, 0) is 30.3 Å². The van der Waals surface area contributed by atoms with E-state index in [9.17, 15) is 31.1 Å². The largest absolute Gasteiger partial charge is 0.475 e. The van der Waals surface area contributed by atoms with E-state index in [1.54, 1.807) is 12.1 Å². The van der Waals surface area contributed by atoms with Crippen molar-refractivity contribution in [2.75, 3.05) is 20.8 Å². The molecule has 0 saturated heterocycles. The smallest absolute Gasteiger partial charge is 0.416 e. The SMILES string of the molecule is CCO/C(=N\OCc1ccccc1/C(=N\OC)C(=O)OC)c1cc(C(F)(F)F)cc(C(F)(F)F)c1. The zero-order valence-electron chi connectivity index (χ0n) is 18.7. The molecule has 35 heavy (non-hydrogen) atoms.